The number of hydrogen-bond acceptors (Lipinski definition) is 3. The van der Waals surface area contributed by atoms with Gasteiger partial charge in [-0.15, -0.1) is 11.3 Å². The first kappa shape index (κ1) is 16.8. The minimum Gasteiger partial charge on any atom is -0.484 e. The van der Waals surface area contributed by atoms with Gasteiger partial charge in [-0.25, -0.2) is 0 Å². The number of carbonyl (C=O) groups is 1. The molecule has 0 aliphatic rings. The number of amides is 1. The van der Waals surface area contributed by atoms with Crippen LogP contribution in [0.1, 0.15) is 30.3 Å². The van der Waals surface area contributed by atoms with E-state index < -0.39 is 0 Å². The van der Waals surface area contributed by atoms with Gasteiger partial charge >= 0.3 is 0 Å². The maximum atomic E-state index is 12.1. The summed E-state index contributed by atoms with van der Waals surface area (Å²) in [6, 6.07) is 9.42. The molecule has 1 heterocycles. The largest absolute Gasteiger partial charge is 0.484 e. The van der Waals surface area contributed by atoms with Gasteiger partial charge in [-0.1, -0.05) is 31.5 Å². The topological polar surface area (TPSA) is 38.3 Å². The van der Waals surface area contributed by atoms with E-state index in [4.69, 9.17) is 16.3 Å². The average molecular weight is 338 g/mol. The normalized spacial score (nSPS) is 12.2. The molecule has 22 heavy (non-hydrogen) atoms. The number of thiophene rings is 1. The van der Waals surface area contributed by atoms with Crippen LogP contribution in [0.2, 0.25) is 5.02 Å². The van der Waals surface area contributed by atoms with Gasteiger partial charge in [-0.3, -0.25) is 4.79 Å². The highest BCUT2D eigenvalue weighted by Gasteiger charge is 2.19. The van der Waals surface area contributed by atoms with E-state index >= 15 is 0 Å². The lowest BCUT2D eigenvalue weighted by molar-refractivity contribution is -0.124. The Morgan fingerprint density at radius 1 is 1.36 bits per heavy atom. The molecule has 0 saturated carbocycles. The van der Waals surface area contributed by atoms with Crippen molar-refractivity contribution >= 4 is 28.8 Å². The van der Waals surface area contributed by atoms with Gasteiger partial charge in [0.15, 0.2) is 6.61 Å². The highest BCUT2D eigenvalue weighted by molar-refractivity contribution is 7.10. The van der Waals surface area contributed by atoms with Crippen LogP contribution in [0.25, 0.3) is 0 Å². The lowest BCUT2D eigenvalue weighted by atomic mass is 10.0. The first-order chi connectivity index (χ1) is 10.5. The molecule has 2 aromatic rings. The van der Waals surface area contributed by atoms with Gasteiger partial charge in [0.05, 0.1) is 6.04 Å². The van der Waals surface area contributed by atoms with Crippen LogP contribution >= 0.6 is 22.9 Å². The van der Waals surface area contributed by atoms with Gasteiger partial charge in [0.2, 0.25) is 0 Å². The first-order valence-corrected chi connectivity index (χ1v) is 8.45. The lowest BCUT2D eigenvalue weighted by Crippen LogP contribution is -2.34. The molecule has 0 aliphatic carbocycles. The Morgan fingerprint density at radius 2 is 2.14 bits per heavy atom. The summed E-state index contributed by atoms with van der Waals surface area (Å²) in [5.41, 5.74) is 0.929. The van der Waals surface area contributed by atoms with E-state index in [1.807, 2.05) is 30.5 Å². The second kappa shape index (κ2) is 7.65. The maximum absolute atomic E-state index is 12.1. The van der Waals surface area contributed by atoms with Crippen LogP contribution in [0, 0.1) is 12.8 Å². The molecule has 0 bridgehead atoms. The molecule has 1 atom stereocenters. The number of aryl methyl sites for hydroxylation is 1. The summed E-state index contributed by atoms with van der Waals surface area (Å²) >= 11 is 7.62. The standard InChI is InChI=1S/C17H20ClNO2S/c1-11(2)17(15-5-4-8-22-15)19-16(20)10-21-13-6-7-14(18)12(3)9-13/h4-9,11,17H,10H2,1-3H3,(H,19,20)/t17-/m1/s1. The van der Waals surface area contributed by atoms with Crippen molar-refractivity contribution in [2.24, 2.45) is 5.92 Å². The van der Waals surface area contributed by atoms with Gasteiger partial charge in [0, 0.05) is 9.90 Å². The number of nitrogens with one attached hydrogen (secondary N) is 1. The smallest absolute Gasteiger partial charge is 0.258 e. The van der Waals surface area contributed by atoms with E-state index in [1.165, 1.54) is 0 Å². The summed E-state index contributed by atoms with van der Waals surface area (Å²) in [6.07, 6.45) is 0. The Hall–Kier alpha value is -1.52. The van der Waals surface area contributed by atoms with Gasteiger partial charge in [0.25, 0.3) is 5.91 Å². The van der Waals surface area contributed by atoms with Crippen LogP contribution in [0.5, 0.6) is 5.75 Å². The van der Waals surface area contributed by atoms with Crippen molar-refractivity contribution < 1.29 is 9.53 Å². The van der Waals surface area contributed by atoms with Crippen LogP contribution < -0.4 is 10.1 Å². The van der Waals surface area contributed by atoms with Crippen molar-refractivity contribution in [2.45, 2.75) is 26.8 Å². The molecule has 1 N–H and O–H groups in total. The Kier molecular flexibility index (Phi) is 5.86. The molecule has 5 heteroatoms. The Labute approximate surface area is 140 Å². The fraction of sp³-hybridized carbons (Fsp3) is 0.353. The van der Waals surface area contributed by atoms with E-state index in [2.05, 4.69) is 19.2 Å². The minimum absolute atomic E-state index is 0.00430. The summed E-state index contributed by atoms with van der Waals surface area (Å²) in [5.74, 6) is 0.842. The van der Waals surface area contributed by atoms with Crippen molar-refractivity contribution in [3.63, 3.8) is 0 Å². The molecule has 0 aliphatic heterocycles. The van der Waals surface area contributed by atoms with Crippen molar-refractivity contribution in [2.75, 3.05) is 6.61 Å². The third-order valence-corrected chi connectivity index (χ3v) is 4.71. The van der Waals surface area contributed by atoms with E-state index in [0.717, 1.165) is 10.4 Å². The summed E-state index contributed by atoms with van der Waals surface area (Å²) in [4.78, 5) is 13.3. The molecule has 1 amide bonds. The highest BCUT2D eigenvalue weighted by Crippen LogP contribution is 2.26. The van der Waals surface area contributed by atoms with Gasteiger partial charge in [-0.05, 0) is 48.1 Å². The molecule has 1 aromatic carbocycles. The third kappa shape index (κ3) is 4.49. The van der Waals surface area contributed by atoms with E-state index in [0.29, 0.717) is 16.7 Å². The highest BCUT2D eigenvalue weighted by atomic mass is 35.5. The summed E-state index contributed by atoms with van der Waals surface area (Å²) in [6.45, 7) is 6.08. The predicted molar refractivity (Wildman–Crippen MR) is 91.7 cm³/mol. The SMILES string of the molecule is Cc1cc(OCC(=O)N[C@@H](c2cccs2)C(C)C)ccc1Cl. The second-order valence-electron chi connectivity index (χ2n) is 5.50. The quantitative estimate of drug-likeness (QED) is 0.836. The zero-order valence-electron chi connectivity index (χ0n) is 12.9. The molecule has 0 saturated heterocycles. The van der Waals surface area contributed by atoms with E-state index in [9.17, 15) is 4.79 Å². The maximum Gasteiger partial charge on any atom is 0.258 e. The third-order valence-electron chi connectivity index (χ3n) is 3.33. The van der Waals surface area contributed by atoms with Gasteiger partial charge < -0.3 is 10.1 Å². The number of hydrogen-bond donors (Lipinski definition) is 1. The number of ether oxygens (including phenoxy) is 1. The van der Waals surface area contributed by atoms with Crippen LogP contribution in [0.4, 0.5) is 0 Å². The lowest BCUT2D eigenvalue weighted by Gasteiger charge is -2.21. The summed E-state index contributed by atoms with van der Waals surface area (Å²) < 4.78 is 5.53. The average Bonchev–Trinajstić information content (AvgIpc) is 2.99. The van der Waals surface area contributed by atoms with E-state index in [1.54, 1.807) is 23.5 Å². The van der Waals surface area contributed by atoms with Crippen molar-refractivity contribution in [3.05, 3.63) is 51.2 Å². The summed E-state index contributed by atoms with van der Waals surface area (Å²) in [7, 11) is 0. The summed E-state index contributed by atoms with van der Waals surface area (Å²) in [5, 5.41) is 5.74. The molecule has 3 nitrogen and oxygen atoms in total. The molecule has 1 aromatic heterocycles. The fourth-order valence-corrected chi connectivity index (χ4v) is 3.17. The first-order valence-electron chi connectivity index (χ1n) is 7.19. The minimum atomic E-state index is -0.125. The zero-order valence-corrected chi connectivity index (χ0v) is 14.5. The number of benzene rings is 1. The van der Waals surface area contributed by atoms with Crippen molar-refractivity contribution in [3.8, 4) is 5.75 Å². The molecule has 0 unspecified atom stereocenters. The predicted octanol–water partition coefficient (Wildman–Crippen LogP) is 4.60. The van der Waals surface area contributed by atoms with Crippen molar-refractivity contribution in [1.29, 1.82) is 0 Å². The Bertz CT molecular complexity index is 626. The van der Waals surface area contributed by atoms with Crippen LogP contribution in [0.15, 0.2) is 35.7 Å². The molecule has 0 spiro atoms. The van der Waals surface area contributed by atoms with Gasteiger partial charge in [-0.2, -0.15) is 0 Å². The number of rotatable bonds is 6. The fourth-order valence-electron chi connectivity index (χ4n) is 2.11. The van der Waals surface area contributed by atoms with Gasteiger partial charge in [0.1, 0.15) is 5.75 Å². The second-order valence-corrected chi connectivity index (χ2v) is 6.89. The number of carbonyl (C=O) groups excluding carboxylic acids is 1. The molecule has 2 rings (SSSR count). The molecule has 118 valence electrons. The zero-order chi connectivity index (χ0) is 16.1. The van der Waals surface area contributed by atoms with E-state index in [-0.39, 0.29) is 18.6 Å². The molecule has 0 fully saturated rings. The van der Waals surface area contributed by atoms with Crippen molar-refractivity contribution in [1.82, 2.24) is 5.32 Å². The molecular formula is C17H20ClNO2S. The Morgan fingerprint density at radius 3 is 2.73 bits per heavy atom. The van der Waals surface area contributed by atoms with Crippen LogP contribution in [0.3, 0.4) is 0 Å². The molecular weight excluding hydrogens is 318 g/mol. The Balaban J connectivity index is 1.92. The monoisotopic (exact) mass is 337 g/mol. The number of halogens is 1. The molecule has 0 radical (unpaired) electrons. The van der Waals surface area contributed by atoms with Crippen LogP contribution in [-0.2, 0) is 4.79 Å². The van der Waals surface area contributed by atoms with Crippen LogP contribution in [-0.4, -0.2) is 12.5 Å².